The number of carbonyl (C=O) groups is 5. The van der Waals surface area contributed by atoms with Crippen LogP contribution in [0.15, 0.2) is 73.2 Å². The first-order chi connectivity index (χ1) is 34.9. The Balaban J connectivity index is 0.729. The predicted molar refractivity (Wildman–Crippen MR) is 261 cm³/mol. The SMILES string of the molecule is CCOc1cc(-c2ccc(N3CCC(CN4CCN(C(=O)CCN5CCC(c6ccc7c(c6)CN(C6CCC(=O)NC6=O)C7=O)CC5)CC4)(NC(=O)c4cc(F)ccc4F)CC3)nc2)c2c(C#N)cnn2c1. The highest BCUT2D eigenvalue weighted by Gasteiger charge is 2.41. The molecule has 5 aliphatic heterocycles. The summed E-state index contributed by atoms with van der Waals surface area (Å²) >= 11 is 0. The fourth-order valence-electron chi connectivity index (χ4n) is 11.2. The van der Waals surface area contributed by atoms with Gasteiger partial charge in [0.1, 0.15) is 35.3 Å². The van der Waals surface area contributed by atoms with Gasteiger partial charge in [-0.1, -0.05) is 12.1 Å². The molecule has 4 saturated heterocycles. The Hall–Kier alpha value is -7.30. The van der Waals surface area contributed by atoms with Gasteiger partial charge in [0.15, 0.2) is 0 Å². The number of piperazine rings is 1. The normalized spacial score (nSPS) is 19.8. The molecular weight excluding hydrogens is 925 g/mol. The van der Waals surface area contributed by atoms with Gasteiger partial charge in [-0.3, -0.25) is 34.2 Å². The molecule has 0 bridgehead atoms. The molecule has 4 fully saturated rings. The van der Waals surface area contributed by atoms with Crippen LogP contribution in [-0.2, 0) is 20.9 Å². The molecular formula is C53H57F2N11O6. The van der Waals surface area contributed by atoms with Crippen molar-refractivity contribution in [2.45, 2.75) is 75.9 Å². The van der Waals surface area contributed by atoms with E-state index in [9.17, 15) is 38.0 Å². The number of hydrogen-bond donors (Lipinski definition) is 2. The van der Waals surface area contributed by atoms with Gasteiger partial charge in [0, 0.05) is 94.6 Å². The molecule has 8 heterocycles. The summed E-state index contributed by atoms with van der Waals surface area (Å²) < 4.78 is 36.6. The molecule has 10 rings (SSSR count). The van der Waals surface area contributed by atoms with Crippen LogP contribution in [0.3, 0.4) is 0 Å². The number of likely N-dealkylation sites (tertiary alicyclic amines) is 1. The minimum absolute atomic E-state index is 0.0964. The molecule has 0 saturated carbocycles. The summed E-state index contributed by atoms with van der Waals surface area (Å²) in [7, 11) is 0. The van der Waals surface area contributed by atoms with Crippen LogP contribution in [0.2, 0.25) is 0 Å². The van der Waals surface area contributed by atoms with E-state index >= 15 is 0 Å². The second kappa shape index (κ2) is 20.4. The van der Waals surface area contributed by atoms with E-state index in [-0.39, 0.29) is 29.7 Å². The molecule has 19 heteroatoms. The first-order valence-corrected chi connectivity index (χ1v) is 24.9. The third-order valence-corrected chi connectivity index (χ3v) is 15.2. The Morgan fingerprint density at radius 1 is 0.903 bits per heavy atom. The maximum Gasteiger partial charge on any atom is 0.255 e. The highest BCUT2D eigenvalue weighted by Crippen LogP contribution is 2.36. The van der Waals surface area contributed by atoms with Gasteiger partial charge in [0.25, 0.3) is 11.8 Å². The molecule has 0 spiro atoms. The van der Waals surface area contributed by atoms with Crippen LogP contribution >= 0.6 is 0 Å². The van der Waals surface area contributed by atoms with Crippen LogP contribution in [0.5, 0.6) is 5.75 Å². The molecule has 1 unspecified atom stereocenters. The maximum atomic E-state index is 14.9. The number of aromatic nitrogens is 3. The fourth-order valence-corrected chi connectivity index (χ4v) is 11.2. The standard InChI is InChI=1S/C53H57F2N11O6/c1-2-72-40-27-42(49-38(28-56)30-58-66(49)32-40)36-4-9-46(57-29-36)63-19-14-53(15-20-63,60-50(69)43-26-39(54)5-7-44(43)55)33-62-21-23-64(24-22-62)48(68)13-18-61-16-11-34(12-17-61)35-3-6-41-37(25-35)31-65(52(41)71)45-8-10-47(67)59-51(45)70/h3-7,9,25-27,29-30,32,34,45H,2,8,10-24,31,33H2,1H3,(H,60,69)(H,59,67,70). The van der Waals surface area contributed by atoms with E-state index in [4.69, 9.17) is 9.72 Å². The van der Waals surface area contributed by atoms with Gasteiger partial charge >= 0.3 is 0 Å². The number of nitrogens with one attached hydrogen (secondary N) is 2. The lowest BCUT2D eigenvalue weighted by molar-refractivity contribution is -0.137. The van der Waals surface area contributed by atoms with Gasteiger partial charge in [0.05, 0.1) is 41.2 Å². The van der Waals surface area contributed by atoms with Gasteiger partial charge in [-0.25, -0.2) is 18.3 Å². The molecule has 5 aliphatic rings. The van der Waals surface area contributed by atoms with Crippen molar-refractivity contribution >= 4 is 40.9 Å². The Bertz CT molecular complexity index is 2950. The number of benzene rings is 2. The smallest absolute Gasteiger partial charge is 0.255 e. The highest BCUT2D eigenvalue weighted by molar-refractivity contribution is 6.05. The number of piperidine rings is 3. The van der Waals surface area contributed by atoms with E-state index in [1.54, 1.807) is 21.8 Å². The molecule has 17 nitrogen and oxygen atoms in total. The number of halogens is 2. The number of ether oxygens (including phenoxy) is 1. The Kier molecular flexibility index (Phi) is 13.7. The number of fused-ring (bicyclic) bond motifs is 2. The molecule has 0 radical (unpaired) electrons. The van der Waals surface area contributed by atoms with E-state index in [1.165, 1.54) is 11.8 Å². The van der Waals surface area contributed by atoms with Gasteiger partial charge in [-0.15, -0.1) is 0 Å². The Morgan fingerprint density at radius 2 is 1.69 bits per heavy atom. The minimum Gasteiger partial charge on any atom is -0.492 e. The monoisotopic (exact) mass is 981 g/mol. The zero-order chi connectivity index (χ0) is 50.1. The van der Waals surface area contributed by atoms with Crippen molar-refractivity contribution in [1.82, 2.24) is 44.8 Å². The van der Waals surface area contributed by atoms with Crippen molar-refractivity contribution in [3.8, 4) is 22.9 Å². The molecule has 0 aliphatic carbocycles. The summed E-state index contributed by atoms with van der Waals surface area (Å²) in [6.07, 6.45) is 8.83. The topological polar surface area (TPSA) is 189 Å². The highest BCUT2D eigenvalue weighted by atomic mass is 19.1. The van der Waals surface area contributed by atoms with Crippen LogP contribution in [0.25, 0.3) is 16.6 Å². The molecule has 1 atom stereocenters. The summed E-state index contributed by atoms with van der Waals surface area (Å²) in [6, 6.07) is 16.2. The number of nitrogens with zero attached hydrogens (tertiary/aromatic N) is 9. The fraction of sp³-hybridized carbons (Fsp3) is 0.434. The number of nitriles is 1. The van der Waals surface area contributed by atoms with Crippen molar-refractivity contribution in [2.24, 2.45) is 0 Å². The predicted octanol–water partition coefficient (Wildman–Crippen LogP) is 4.89. The van der Waals surface area contributed by atoms with Gasteiger partial charge in [-0.05, 0) is 112 Å². The third-order valence-electron chi connectivity index (χ3n) is 15.2. The summed E-state index contributed by atoms with van der Waals surface area (Å²) in [5, 5.41) is 19.6. The number of anilines is 1. The number of pyridine rings is 2. The second-order valence-corrected chi connectivity index (χ2v) is 19.6. The number of amides is 5. The van der Waals surface area contributed by atoms with Gasteiger partial charge in [0.2, 0.25) is 17.7 Å². The largest absolute Gasteiger partial charge is 0.492 e. The molecule has 3 aromatic heterocycles. The van der Waals surface area contributed by atoms with Crippen LogP contribution in [-0.4, -0.2) is 147 Å². The maximum absolute atomic E-state index is 14.9. The summed E-state index contributed by atoms with van der Waals surface area (Å²) in [5.41, 5.74) is 4.19. The molecule has 2 N–H and O–H groups in total. The number of rotatable bonds is 13. The second-order valence-electron chi connectivity index (χ2n) is 19.6. The number of carbonyl (C=O) groups excluding carboxylic acids is 5. The first kappa shape index (κ1) is 48.3. The van der Waals surface area contributed by atoms with Gasteiger partial charge < -0.3 is 29.7 Å². The average molecular weight is 982 g/mol. The zero-order valence-corrected chi connectivity index (χ0v) is 40.2. The van der Waals surface area contributed by atoms with E-state index in [1.807, 2.05) is 42.2 Å². The molecule has 5 aromatic rings. The van der Waals surface area contributed by atoms with Crippen LogP contribution in [0, 0.1) is 23.0 Å². The zero-order valence-electron chi connectivity index (χ0n) is 40.2. The van der Waals surface area contributed by atoms with Crippen molar-refractivity contribution in [3.63, 3.8) is 0 Å². The Morgan fingerprint density at radius 3 is 2.42 bits per heavy atom. The van der Waals surface area contributed by atoms with E-state index in [0.29, 0.717) is 120 Å². The lowest BCUT2D eigenvalue weighted by Crippen LogP contribution is -2.62. The van der Waals surface area contributed by atoms with E-state index in [2.05, 4.69) is 42.6 Å². The van der Waals surface area contributed by atoms with Crippen molar-refractivity contribution in [2.75, 3.05) is 77.0 Å². The van der Waals surface area contributed by atoms with Crippen molar-refractivity contribution < 1.29 is 37.5 Å². The van der Waals surface area contributed by atoms with E-state index < -0.39 is 35.0 Å². The summed E-state index contributed by atoms with van der Waals surface area (Å²) in [5.74, 6) is -1.33. The van der Waals surface area contributed by atoms with Crippen LogP contribution in [0.1, 0.15) is 95.2 Å². The Labute approximate surface area is 415 Å². The molecule has 72 heavy (non-hydrogen) atoms. The summed E-state index contributed by atoms with van der Waals surface area (Å²) in [6.45, 7) is 8.82. The lowest BCUT2D eigenvalue weighted by Gasteiger charge is -2.46. The van der Waals surface area contributed by atoms with Crippen molar-refractivity contribution in [3.05, 3.63) is 113 Å². The number of imide groups is 1. The molecule has 2 aromatic carbocycles. The van der Waals surface area contributed by atoms with Crippen molar-refractivity contribution in [1.29, 1.82) is 5.26 Å². The van der Waals surface area contributed by atoms with Crippen LogP contribution in [0.4, 0.5) is 14.6 Å². The number of hydrogen-bond acceptors (Lipinski definition) is 12. The van der Waals surface area contributed by atoms with E-state index in [0.717, 1.165) is 66.6 Å². The quantitative estimate of drug-likeness (QED) is 0.152. The lowest BCUT2D eigenvalue weighted by atomic mass is 9.86. The molecule has 5 amide bonds. The minimum atomic E-state index is -0.802. The third kappa shape index (κ3) is 9.97. The first-order valence-electron chi connectivity index (χ1n) is 24.9. The van der Waals surface area contributed by atoms with Gasteiger partial charge in [-0.2, -0.15) is 10.4 Å². The van der Waals surface area contributed by atoms with Crippen LogP contribution < -0.4 is 20.3 Å². The molecule has 374 valence electrons. The average Bonchev–Trinajstić information content (AvgIpc) is 3.96. The summed E-state index contributed by atoms with van der Waals surface area (Å²) in [4.78, 5) is 79.8.